The first kappa shape index (κ1) is 13.6. The van der Waals surface area contributed by atoms with E-state index in [9.17, 15) is 13.6 Å². The van der Waals surface area contributed by atoms with Crippen LogP contribution in [0.2, 0.25) is 0 Å². The van der Waals surface area contributed by atoms with Crippen LogP contribution in [-0.2, 0) is 0 Å². The Hall–Kier alpha value is -1.82. The van der Waals surface area contributed by atoms with Gasteiger partial charge in [-0.3, -0.25) is 4.79 Å². The van der Waals surface area contributed by atoms with E-state index in [1.165, 1.54) is 6.07 Å². The summed E-state index contributed by atoms with van der Waals surface area (Å²) in [5, 5.41) is 2.43. The van der Waals surface area contributed by atoms with Crippen molar-refractivity contribution in [1.82, 2.24) is 4.98 Å². The summed E-state index contributed by atoms with van der Waals surface area (Å²) in [5.41, 5.74) is 0.333. The molecule has 0 radical (unpaired) electrons. The van der Waals surface area contributed by atoms with Gasteiger partial charge in [-0.25, -0.2) is 13.8 Å². The lowest BCUT2D eigenvalue weighted by Crippen LogP contribution is -2.16. The molecular formula is C13H9BrF2N2O. The van der Waals surface area contributed by atoms with Crippen molar-refractivity contribution in [3.8, 4) is 0 Å². The van der Waals surface area contributed by atoms with Crippen LogP contribution < -0.4 is 5.32 Å². The Labute approximate surface area is 116 Å². The van der Waals surface area contributed by atoms with Gasteiger partial charge in [0, 0.05) is 0 Å². The van der Waals surface area contributed by atoms with Crippen molar-refractivity contribution in [1.29, 1.82) is 0 Å². The molecule has 0 aliphatic carbocycles. The van der Waals surface area contributed by atoms with Crippen molar-refractivity contribution in [3.05, 3.63) is 57.8 Å². The first-order valence-electron chi connectivity index (χ1n) is 5.37. The SMILES string of the molecule is Cc1nc(Br)ccc1NC(=O)c1c(F)cccc1F. The molecule has 2 aromatic rings. The van der Waals surface area contributed by atoms with Gasteiger partial charge in [0.15, 0.2) is 0 Å². The predicted octanol–water partition coefficient (Wildman–Crippen LogP) is 3.68. The standard InChI is InChI=1S/C13H9BrF2N2O/c1-7-10(5-6-11(14)17-7)18-13(19)12-8(15)3-2-4-9(12)16/h2-6H,1H3,(H,18,19). The Morgan fingerprint density at radius 1 is 1.21 bits per heavy atom. The minimum absolute atomic E-state index is 0.399. The van der Waals surface area contributed by atoms with Gasteiger partial charge in [-0.15, -0.1) is 0 Å². The lowest BCUT2D eigenvalue weighted by Gasteiger charge is -2.09. The lowest BCUT2D eigenvalue weighted by molar-refractivity contribution is 0.101. The zero-order chi connectivity index (χ0) is 14.0. The summed E-state index contributed by atoms with van der Waals surface area (Å²) in [6.45, 7) is 1.68. The molecule has 0 saturated heterocycles. The zero-order valence-corrected chi connectivity index (χ0v) is 11.5. The first-order chi connectivity index (χ1) is 8.99. The van der Waals surface area contributed by atoms with E-state index in [1.807, 2.05) is 0 Å². The van der Waals surface area contributed by atoms with Crippen molar-refractivity contribution in [2.75, 3.05) is 5.32 Å². The van der Waals surface area contributed by atoms with Crippen LogP contribution in [0.3, 0.4) is 0 Å². The van der Waals surface area contributed by atoms with Crippen LogP contribution in [0.4, 0.5) is 14.5 Å². The fraction of sp³-hybridized carbons (Fsp3) is 0.0769. The Bertz CT molecular complexity index is 626. The van der Waals surface area contributed by atoms with Gasteiger partial charge < -0.3 is 5.32 Å². The van der Waals surface area contributed by atoms with Crippen LogP contribution in [-0.4, -0.2) is 10.9 Å². The summed E-state index contributed by atoms with van der Waals surface area (Å²) in [4.78, 5) is 15.9. The monoisotopic (exact) mass is 326 g/mol. The topological polar surface area (TPSA) is 42.0 Å². The van der Waals surface area contributed by atoms with Gasteiger partial charge in [0.1, 0.15) is 21.8 Å². The van der Waals surface area contributed by atoms with Crippen molar-refractivity contribution in [2.24, 2.45) is 0 Å². The molecule has 2 rings (SSSR count). The number of amides is 1. The molecule has 3 nitrogen and oxygen atoms in total. The molecule has 0 aliphatic heterocycles. The van der Waals surface area contributed by atoms with E-state index >= 15 is 0 Å². The molecule has 0 fully saturated rings. The van der Waals surface area contributed by atoms with Gasteiger partial charge in [-0.1, -0.05) is 6.07 Å². The second-order valence-corrected chi connectivity index (χ2v) is 4.63. The highest BCUT2D eigenvalue weighted by molar-refractivity contribution is 9.10. The smallest absolute Gasteiger partial charge is 0.261 e. The third kappa shape index (κ3) is 2.96. The quantitative estimate of drug-likeness (QED) is 0.855. The Morgan fingerprint density at radius 3 is 2.42 bits per heavy atom. The maximum Gasteiger partial charge on any atom is 0.261 e. The number of halogens is 3. The van der Waals surface area contributed by atoms with Gasteiger partial charge >= 0.3 is 0 Å². The number of hydrogen-bond donors (Lipinski definition) is 1. The number of nitrogens with one attached hydrogen (secondary N) is 1. The van der Waals surface area contributed by atoms with Crippen LogP contribution in [0.25, 0.3) is 0 Å². The van der Waals surface area contributed by atoms with Gasteiger partial charge in [0.05, 0.1) is 11.4 Å². The molecule has 19 heavy (non-hydrogen) atoms. The minimum Gasteiger partial charge on any atom is -0.320 e. The number of aryl methyl sites for hydroxylation is 1. The molecule has 0 atom stereocenters. The van der Waals surface area contributed by atoms with E-state index in [0.717, 1.165) is 12.1 Å². The molecule has 0 unspecified atom stereocenters. The fourth-order valence-electron chi connectivity index (χ4n) is 1.56. The van der Waals surface area contributed by atoms with Gasteiger partial charge in [0.25, 0.3) is 5.91 Å². The predicted molar refractivity (Wildman–Crippen MR) is 71.0 cm³/mol. The fourth-order valence-corrected chi connectivity index (χ4v) is 1.96. The summed E-state index contributed by atoms with van der Waals surface area (Å²) >= 11 is 3.19. The first-order valence-corrected chi connectivity index (χ1v) is 6.17. The number of anilines is 1. The third-order valence-electron chi connectivity index (χ3n) is 2.49. The highest BCUT2D eigenvalue weighted by atomic mass is 79.9. The van der Waals surface area contributed by atoms with Crippen LogP contribution in [0.15, 0.2) is 34.9 Å². The summed E-state index contributed by atoms with van der Waals surface area (Å²) < 4.78 is 27.5. The van der Waals surface area contributed by atoms with E-state index in [1.54, 1.807) is 19.1 Å². The number of aromatic nitrogens is 1. The van der Waals surface area contributed by atoms with E-state index in [4.69, 9.17) is 0 Å². The summed E-state index contributed by atoms with van der Waals surface area (Å²) in [6.07, 6.45) is 0. The van der Waals surface area contributed by atoms with Crippen LogP contribution in [0, 0.1) is 18.6 Å². The molecule has 0 aliphatic rings. The number of carbonyl (C=O) groups is 1. The lowest BCUT2D eigenvalue weighted by atomic mass is 10.1. The summed E-state index contributed by atoms with van der Waals surface area (Å²) in [6, 6.07) is 6.49. The van der Waals surface area contributed by atoms with E-state index in [-0.39, 0.29) is 0 Å². The van der Waals surface area contributed by atoms with Crippen LogP contribution >= 0.6 is 15.9 Å². The summed E-state index contributed by atoms with van der Waals surface area (Å²) in [7, 11) is 0. The van der Waals surface area contributed by atoms with Crippen molar-refractivity contribution >= 4 is 27.5 Å². The Balaban J connectivity index is 2.31. The number of nitrogens with zero attached hydrogens (tertiary/aromatic N) is 1. The van der Waals surface area contributed by atoms with E-state index in [0.29, 0.717) is 16.0 Å². The van der Waals surface area contributed by atoms with E-state index in [2.05, 4.69) is 26.2 Å². The highest BCUT2D eigenvalue weighted by Gasteiger charge is 2.17. The maximum absolute atomic E-state index is 13.4. The number of rotatable bonds is 2. The maximum atomic E-state index is 13.4. The third-order valence-corrected chi connectivity index (χ3v) is 2.93. The molecule has 0 bridgehead atoms. The molecular weight excluding hydrogens is 318 g/mol. The van der Waals surface area contributed by atoms with Crippen molar-refractivity contribution < 1.29 is 13.6 Å². The molecule has 0 spiro atoms. The number of benzene rings is 1. The molecule has 98 valence electrons. The second-order valence-electron chi connectivity index (χ2n) is 3.82. The normalized spacial score (nSPS) is 10.3. The molecule has 1 N–H and O–H groups in total. The van der Waals surface area contributed by atoms with E-state index < -0.39 is 23.1 Å². The second kappa shape index (κ2) is 5.44. The van der Waals surface area contributed by atoms with Crippen molar-refractivity contribution in [2.45, 2.75) is 6.92 Å². The van der Waals surface area contributed by atoms with Crippen molar-refractivity contribution in [3.63, 3.8) is 0 Å². The summed E-state index contributed by atoms with van der Waals surface area (Å²) in [5.74, 6) is -2.65. The van der Waals surface area contributed by atoms with Gasteiger partial charge in [0.2, 0.25) is 0 Å². The molecule has 1 aromatic carbocycles. The minimum atomic E-state index is -0.903. The molecule has 6 heteroatoms. The Kier molecular flexibility index (Phi) is 3.90. The van der Waals surface area contributed by atoms with Crippen LogP contribution in [0.1, 0.15) is 16.1 Å². The number of hydrogen-bond acceptors (Lipinski definition) is 2. The van der Waals surface area contributed by atoms with Gasteiger partial charge in [-0.05, 0) is 47.1 Å². The van der Waals surface area contributed by atoms with Gasteiger partial charge in [-0.2, -0.15) is 0 Å². The highest BCUT2D eigenvalue weighted by Crippen LogP contribution is 2.19. The molecule has 0 saturated carbocycles. The van der Waals surface area contributed by atoms with Crippen LogP contribution in [0.5, 0.6) is 0 Å². The molecule has 1 heterocycles. The number of pyridine rings is 1. The number of carbonyl (C=O) groups excluding carboxylic acids is 1. The zero-order valence-electron chi connectivity index (χ0n) is 9.88. The Morgan fingerprint density at radius 2 is 1.84 bits per heavy atom. The average molecular weight is 327 g/mol. The molecule has 1 aromatic heterocycles. The largest absolute Gasteiger partial charge is 0.320 e. The average Bonchev–Trinajstić information content (AvgIpc) is 2.32. The molecule has 1 amide bonds.